The molecule has 266 valence electrons. The largest absolute Gasteiger partial charge is 0.399 e. The number of aliphatic hydroxyl groups is 1. The summed E-state index contributed by atoms with van der Waals surface area (Å²) in [6.45, 7) is 5.48. The zero-order valence-corrected chi connectivity index (χ0v) is 31.4. The van der Waals surface area contributed by atoms with Crippen LogP contribution in [0, 0.1) is 5.92 Å². The summed E-state index contributed by atoms with van der Waals surface area (Å²) in [5.74, 6) is -1.42. The van der Waals surface area contributed by atoms with Crippen molar-refractivity contribution in [1.29, 1.82) is 0 Å². The molecule has 4 aromatic rings. The van der Waals surface area contributed by atoms with Gasteiger partial charge in [0.1, 0.15) is 0 Å². The molecule has 1 spiro atoms. The van der Waals surface area contributed by atoms with Crippen molar-refractivity contribution in [1.82, 2.24) is 4.90 Å². The lowest BCUT2D eigenvalue weighted by molar-refractivity contribution is -0.150. The Morgan fingerprint density at radius 2 is 1.71 bits per heavy atom. The summed E-state index contributed by atoms with van der Waals surface area (Å²) < 4.78 is 23.9. The molecule has 0 unspecified atom stereocenters. The fraction of sp³-hybridized carbons (Fsp3) is 0.308. The number of carbonyl (C=O) groups excluding carboxylic acids is 3. The van der Waals surface area contributed by atoms with E-state index in [0.717, 1.165) is 15.6 Å². The molecule has 0 radical (unpaired) electrons. The highest BCUT2D eigenvalue weighted by Gasteiger charge is 2.67. The van der Waals surface area contributed by atoms with Gasteiger partial charge in [0.2, 0.25) is 14.3 Å². The van der Waals surface area contributed by atoms with E-state index in [4.69, 9.17) is 10.5 Å². The van der Waals surface area contributed by atoms with Crippen LogP contribution in [0.25, 0.3) is 0 Å². The molecule has 4 atom stereocenters. The number of hydrogen-bond donors (Lipinski definition) is 3. The number of halogens is 2. The number of carbonyl (C=O) groups is 3. The lowest BCUT2D eigenvalue weighted by Gasteiger charge is -2.31. The maximum absolute atomic E-state index is 16.4. The number of hydrogen-bond acceptors (Lipinski definition) is 6. The van der Waals surface area contributed by atoms with E-state index in [1.54, 1.807) is 59.3 Å². The van der Waals surface area contributed by atoms with Gasteiger partial charge in [0.15, 0.2) is 5.60 Å². The number of nitrogen functional groups attached to an aromatic ring is 1. The summed E-state index contributed by atoms with van der Waals surface area (Å²) in [7, 11) is -3.51. The fourth-order valence-electron chi connectivity index (χ4n) is 7.61. The van der Waals surface area contributed by atoms with E-state index in [1.807, 2.05) is 67.6 Å². The molecule has 0 aromatic heterocycles. The lowest BCUT2D eigenvalue weighted by atomic mass is 9.82. The molecule has 12 heteroatoms. The third-order valence-corrected chi connectivity index (χ3v) is 12.9. The fourth-order valence-corrected chi connectivity index (χ4v) is 10.5. The minimum Gasteiger partial charge on any atom is -0.399 e. The van der Waals surface area contributed by atoms with E-state index < -0.39 is 31.6 Å². The van der Waals surface area contributed by atoms with Gasteiger partial charge in [-0.3, -0.25) is 14.4 Å². The van der Waals surface area contributed by atoms with Crippen LogP contribution in [0.15, 0.2) is 102 Å². The Kier molecular flexibility index (Phi) is 10.5. The van der Waals surface area contributed by atoms with Gasteiger partial charge in [0, 0.05) is 51.5 Å². The molecule has 0 aliphatic carbocycles. The number of amides is 3. The first kappa shape index (κ1) is 36.4. The van der Waals surface area contributed by atoms with Crippen molar-refractivity contribution in [3.05, 3.63) is 124 Å². The van der Waals surface area contributed by atoms with Gasteiger partial charge in [0.05, 0.1) is 31.4 Å². The van der Waals surface area contributed by atoms with Crippen molar-refractivity contribution in [3.63, 3.8) is 0 Å². The number of ether oxygens (including phenoxy) is 1. The molecule has 3 amide bonds. The number of aliphatic hydroxyl groups excluding tert-OH is 1. The van der Waals surface area contributed by atoms with Crippen molar-refractivity contribution in [3.8, 4) is 0 Å². The number of nitrogens with one attached hydrogen (secondary N) is 1. The summed E-state index contributed by atoms with van der Waals surface area (Å²) in [4.78, 5) is 44.6. The van der Waals surface area contributed by atoms with Crippen LogP contribution in [-0.2, 0) is 33.0 Å². The van der Waals surface area contributed by atoms with E-state index in [2.05, 4.69) is 21.2 Å². The Balaban J connectivity index is 1.26. The summed E-state index contributed by atoms with van der Waals surface area (Å²) in [5.41, 5.74) is 8.24. The first-order chi connectivity index (χ1) is 24.3. The molecule has 4 N–H and O–H groups in total. The number of nitrogens with zero attached hydrogens (tertiary/aromatic N) is 2. The van der Waals surface area contributed by atoms with Gasteiger partial charge in [-0.15, -0.1) is 0 Å². The summed E-state index contributed by atoms with van der Waals surface area (Å²) >= 11 is 3.57. The van der Waals surface area contributed by atoms with Crippen LogP contribution in [0.1, 0.15) is 40.4 Å². The predicted molar refractivity (Wildman–Crippen MR) is 202 cm³/mol. The van der Waals surface area contributed by atoms with Gasteiger partial charge in [-0.05, 0) is 78.8 Å². The number of rotatable bonds is 11. The first-order valence-electron chi connectivity index (χ1n) is 17.0. The van der Waals surface area contributed by atoms with Gasteiger partial charge in [-0.25, -0.2) is 0 Å². The Hall–Kier alpha value is -4.36. The second kappa shape index (κ2) is 14.7. The van der Waals surface area contributed by atoms with E-state index in [0.29, 0.717) is 34.7 Å². The quantitative estimate of drug-likeness (QED) is 0.0856. The number of nitrogens with two attached hydrogens (primary N) is 1. The van der Waals surface area contributed by atoms with Crippen LogP contribution in [0.4, 0.5) is 21.2 Å². The van der Waals surface area contributed by atoms with Crippen LogP contribution in [0.2, 0.25) is 18.6 Å². The molecule has 9 nitrogen and oxygen atoms in total. The smallest absolute Gasteiger partial charge is 0.264 e. The predicted octanol–water partition coefficient (Wildman–Crippen LogP) is 7.02. The van der Waals surface area contributed by atoms with E-state index >= 15 is 4.11 Å². The van der Waals surface area contributed by atoms with Gasteiger partial charge >= 0.3 is 0 Å². The summed E-state index contributed by atoms with van der Waals surface area (Å²) in [6.07, 6.45) is -0.972. The maximum atomic E-state index is 16.4. The SMILES string of the molecule is C[C@@H]1[C@@H]([Si](C)(C)F)[C@H](CC(=O)N(CCO)Cc2ccccc2)O[C@@]12C(=O)N(Cc1ccc(NC(=O)c3ccc(N)cc3)cc1)c1ccc(Br)cc12. The van der Waals surface area contributed by atoms with Crippen LogP contribution in [0.3, 0.4) is 0 Å². The molecule has 2 heterocycles. The van der Waals surface area contributed by atoms with E-state index in [9.17, 15) is 19.5 Å². The van der Waals surface area contributed by atoms with Crippen molar-refractivity contribution in [2.45, 2.75) is 56.8 Å². The standard InChI is InChI=1S/C39H42BrFN4O5Si/c1-25-36(51(2,3)41)34(22-35(47)44(19-20-46)23-26-7-5-4-6-8-26)50-39(25)32-21-29(40)13-18-33(32)45(38(39)49)24-27-9-16-31(17-10-27)43-37(48)28-11-14-30(42)15-12-28/h4-18,21,25,34,36,46H,19-20,22-24,42H2,1-3H3,(H,43,48)/t25-,34+,36-,39+/m1/s1. The molecular formula is C39H42BrFN4O5Si. The molecule has 0 saturated carbocycles. The molecule has 2 aliphatic rings. The molecule has 1 fully saturated rings. The Morgan fingerprint density at radius 1 is 1.02 bits per heavy atom. The molecule has 51 heavy (non-hydrogen) atoms. The Labute approximate surface area is 306 Å². The molecule has 2 aliphatic heterocycles. The highest BCUT2D eigenvalue weighted by Crippen LogP contribution is 2.60. The van der Waals surface area contributed by atoms with Crippen LogP contribution >= 0.6 is 15.9 Å². The zero-order valence-electron chi connectivity index (χ0n) is 28.8. The second-order valence-corrected chi connectivity index (χ2v) is 18.5. The lowest BCUT2D eigenvalue weighted by Crippen LogP contribution is -2.45. The average Bonchev–Trinajstić information content (AvgIpc) is 3.51. The molecule has 6 rings (SSSR count). The summed E-state index contributed by atoms with van der Waals surface area (Å²) in [5, 5.41) is 12.7. The van der Waals surface area contributed by atoms with Gasteiger partial charge < -0.3 is 34.8 Å². The molecule has 0 bridgehead atoms. The molecular weight excluding hydrogens is 731 g/mol. The number of fused-ring (bicyclic) bond motifs is 2. The van der Waals surface area contributed by atoms with Gasteiger partial charge in [-0.2, -0.15) is 0 Å². The topological polar surface area (TPSA) is 125 Å². The third kappa shape index (κ3) is 7.36. The monoisotopic (exact) mass is 772 g/mol. The van der Waals surface area contributed by atoms with Crippen LogP contribution < -0.4 is 16.0 Å². The highest BCUT2D eigenvalue weighted by molar-refractivity contribution is 9.10. The zero-order chi connectivity index (χ0) is 36.5. The van der Waals surface area contributed by atoms with Crippen LogP contribution in [0.5, 0.6) is 0 Å². The van der Waals surface area contributed by atoms with Gasteiger partial charge in [0.25, 0.3) is 11.8 Å². The van der Waals surface area contributed by atoms with Crippen LogP contribution in [-0.4, -0.2) is 55.4 Å². The van der Waals surface area contributed by atoms with E-state index in [1.165, 1.54) is 0 Å². The number of benzene rings is 4. The summed E-state index contributed by atoms with van der Waals surface area (Å²) in [6, 6.07) is 29.0. The minimum atomic E-state index is -3.51. The van der Waals surface area contributed by atoms with Gasteiger partial charge in [-0.1, -0.05) is 65.3 Å². The maximum Gasteiger partial charge on any atom is 0.264 e. The molecule has 1 saturated heterocycles. The van der Waals surface area contributed by atoms with Crippen molar-refractivity contribution in [2.24, 2.45) is 5.92 Å². The normalized spacial score (nSPS) is 21.2. The Morgan fingerprint density at radius 3 is 2.35 bits per heavy atom. The second-order valence-electron chi connectivity index (χ2n) is 13.8. The number of anilines is 3. The highest BCUT2D eigenvalue weighted by atomic mass is 79.9. The first-order valence-corrected chi connectivity index (χ1v) is 20.7. The van der Waals surface area contributed by atoms with Crippen molar-refractivity contribution in [2.75, 3.05) is 29.1 Å². The van der Waals surface area contributed by atoms with Crippen molar-refractivity contribution < 1.29 is 28.3 Å². The van der Waals surface area contributed by atoms with E-state index in [-0.39, 0.29) is 43.8 Å². The third-order valence-electron chi connectivity index (χ3n) is 9.96. The van der Waals surface area contributed by atoms with Crippen molar-refractivity contribution >= 4 is 59.1 Å². The average molecular weight is 774 g/mol. The molecule has 4 aromatic carbocycles. The Bertz CT molecular complexity index is 1910. The minimum absolute atomic E-state index is 0.120.